The molecule has 4 aromatic rings. The zero-order chi connectivity index (χ0) is 24.2. The maximum absolute atomic E-state index is 12.8. The van der Waals surface area contributed by atoms with E-state index in [4.69, 9.17) is 0 Å². The Morgan fingerprint density at radius 1 is 1.09 bits per heavy atom. The Labute approximate surface area is 203 Å². The Hall–Kier alpha value is -3.29. The molecule has 176 valence electrons. The number of nitrogens with zero attached hydrogens (tertiary/aromatic N) is 3. The Bertz CT molecular complexity index is 1370. The van der Waals surface area contributed by atoms with Gasteiger partial charge in [0.05, 0.1) is 11.7 Å². The normalized spacial score (nSPS) is 11.3. The first-order valence-electron chi connectivity index (χ1n) is 11.4. The molecule has 0 saturated carbocycles. The first-order chi connectivity index (χ1) is 16.3. The van der Waals surface area contributed by atoms with Gasteiger partial charge < -0.3 is 10.2 Å². The highest BCUT2D eigenvalue weighted by molar-refractivity contribution is 7.18. The van der Waals surface area contributed by atoms with Crippen LogP contribution in [0.3, 0.4) is 0 Å². The van der Waals surface area contributed by atoms with Gasteiger partial charge in [-0.2, -0.15) is 0 Å². The van der Waals surface area contributed by atoms with Crippen molar-refractivity contribution in [2.45, 2.75) is 39.9 Å². The monoisotopic (exact) mass is 474 g/mol. The number of amides is 1. The van der Waals surface area contributed by atoms with Crippen LogP contribution in [0.4, 0.5) is 0 Å². The first-order valence-corrected chi connectivity index (χ1v) is 12.2. The zero-order valence-corrected chi connectivity index (χ0v) is 20.9. The summed E-state index contributed by atoms with van der Waals surface area (Å²) in [6, 6.07) is 16.6. The van der Waals surface area contributed by atoms with Gasteiger partial charge in [-0.1, -0.05) is 48.5 Å². The Balaban J connectivity index is 1.40. The van der Waals surface area contributed by atoms with Crippen molar-refractivity contribution in [2.75, 3.05) is 14.1 Å². The number of carbonyl (C=O) groups excluding carboxylic acids is 1. The summed E-state index contributed by atoms with van der Waals surface area (Å²) < 4.78 is 1.53. The van der Waals surface area contributed by atoms with Crippen molar-refractivity contribution in [2.24, 2.45) is 0 Å². The second-order valence-corrected chi connectivity index (χ2v) is 10.0. The molecule has 2 aromatic carbocycles. The van der Waals surface area contributed by atoms with Gasteiger partial charge in [0, 0.05) is 30.9 Å². The molecule has 0 spiro atoms. The average molecular weight is 475 g/mol. The predicted molar refractivity (Wildman–Crippen MR) is 139 cm³/mol. The van der Waals surface area contributed by atoms with E-state index in [0.717, 1.165) is 38.5 Å². The number of aromatic nitrogens is 2. The number of hydrogen-bond acceptors (Lipinski definition) is 5. The summed E-state index contributed by atoms with van der Waals surface area (Å²) in [6.07, 6.45) is 1.76. The number of fused-ring (bicyclic) bond motifs is 1. The fourth-order valence-corrected chi connectivity index (χ4v) is 5.03. The lowest BCUT2D eigenvalue weighted by atomic mass is 9.98. The lowest BCUT2D eigenvalue weighted by Gasteiger charge is -2.13. The number of thiophene rings is 1. The largest absolute Gasteiger partial charge is 0.352 e. The smallest absolute Gasteiger partial charge is 0.262 e. The minimum Gasteiger partial charge on any atom is -0.352 e. The topological polar surface area (TPSA) is 67.2 Å². The Morgan fingerprint density at radius 3 is 2.56 bits per heavy atom. The molecule has 0 bridgehead atoms. The molecule has 0 atom stereocenters. The van der Waals surface area contributed by atoms with E-state index in [0.29, 0.717) is 18.5 Å². The van der Waals surface area contributed by atoms with Gasteiger partial charge in [0.25, 0.3) is 5.56 Å². The molecule has 0 unspecified atom stereocenters. The molecule has 7 heteroatoms. The predicted octanol–water partition coefficient (Wildman–Crippen LogP) is 4.51. The van der Waals surface area contributed by atoms with E-state index >= 15 is 0 Å². The van der Waals surface area contributed by atoms with Gasteiger partial charge in [-0.15, -0.1) is 11.3 Å². The summed E-state index contributed by atoms with van der Waals surface area (Å²) in [7, 11) is 4.11. The molecule has 6 nitrogen and oxygen atoms in total. The fraction of sp³-hybridized carbons (Fsp3) is 0.296. The fourth-order valence-electron chi connectivity index (χ4n) is 4.04. The van der Waals surface area contributed by atoms with E-state index in [9.17, 15) is 9.59 Å². The van der Waals surface area contributed by atoms with E-state index in [1.54, 1.807) is 6.33 Å². The van der Waals surface area contributed by atoms with E-state index < -0.39 is 0 Å². The van der Waals surface area contributed by atoms with Crippen LogP contribution in [0.2, 0.25) is 0 Å². The molecule has 0 aliphatic rings. The quantitative estimate of drug-likeness (QED) is 0.408. The lowest BCUT2D eigenvalue weighted by molar-refractivity contribution is -0.121. The summed E-state index contributed by atoms with van der Waals surface area (Å²) >= 11 is 1.53. The van der Waals surface area contributed by atoms with E-state index in [-0.39, 0.29) is 17.9 Å². The zero-order valence-electron chi connectivity index (χ0n) is 20.1. The van der Waals surface area contributed by atoms with Gasteiger partial charge in [0.2, 0.25) is 5.91 Å². The van der Waals surface area contributed by atoms with Gasteiger partial charge in [-0.25, -0.2) is 4.98 Å². The molecule has 34 heavy (non-hydrogen) atoms. The number of hydrogen-bond donors (Lipinski definition) is 1. The lowest BCUT2D eigenvalue weighted by Crippen LogP contribution is -2.27. The van der Waals surface area contributed by atoms with Crippen LogP contribution in [0, 0.1) is 13.8 Å². The third-order valence-corrected chi connectivity index (χ3v) is 7.11. The highest BCUT2D eigenvalue weighted by atomic mass is 32.1. The summed E-state index contributed by atoms with van der Waals surface area (Å²) in [5, 5.41) is 3.67. The van der Waals surface area contributed by atoms with Crippen molar-refractivity contribution in [1.29, 1.82) is 0 Å². The molecule has 2 heterocycles. The van der Waals surface area contributed by atoms with Gasteiger partial charge in [-0.3, -0.25) is 14.2 Å². The Kier molecular flexibility index (Phi) is 7.24. The van der Waals surface area contributed by atoms with Gasteiger partial charge >= 0.3 is 0 Å². The van der Waals surface area contributed by atoms with Gasteiger partial charge in [0.15, 0.2) is 0 Å². The Morgan fingerprint density at radius 2 is 1.82 bits per heavy atom. The maximum atomic E-state index is 12.8. The third kappa shape index (κ3) is 5.26. The second-order valence-electron chi connectivity index (χ2n) is 8.83. The van der Waals surface area contributed by atoms with E-state index in [2.05, 4.69) is 59.6 Å². The van der Waals surface area contributed by atoms with Crippen molar-refractivity contribution < 1.29 is 4.79 Å². The summed E-state index contributed by atoms with van der Waals surface area (Å²) in [5.74, 6) is -0.0960. The maximum Gasteiger partial charge on any atom is 0.262 e. The van der Waals surface area contributed by atoms with E-state index in [1.807, 2.05) is 32.0 Å². The second kappa shape index (κ2) is 10.3. The van der Waals surface area contributed by atoms with Crippen LogP contribution in [-0.2, 0) is 24.4 Å². The van der Waals surface area contributed by atoms with Gasteiger partial charge in [0.1, 0.15) is 4.83 Å². The number of carbonyl (C=O) groups is 1. The van der Waals surface area contributed by atoms with Crippen molar-refractivity contribution >= 4 is 27.5 Å². The summed E-state index contributed by atoms with van der Waals surface area (Å²) in [4.78, 5) is 33.8. The van der Waals surface area contributed by atoms with Crippen molar-refractivity contribution in [3.63, 3.8) is 0 Å². The number of benzene rings is 2. The minimum absolute atomic E-state index is 0.0808. The van der Waals surface area contributed by atoms with Crippen LogP contribution in [-0.4, -0.2) is 34.5 Å². The molecule has 2 aromatic heterocycles. The molecular formula is C27H30N4O2S. The number of rotatable bonds is 8. The average Bonchev–Trinajstić information content (AvgIpc) is 3.11. The van der Waals surface area contributed by atoms with Crippen LogP contribution in [0.25, 0.3) is 21.3 Å². The van der Waals surface area contributed by atoms with Crippen LogP contribution < -0.4 is 10.9 Å². The van der Waals surface area contributed by atoms with Crippen LogP contribution in [0.1, 0.15) is 28.0 Å². The number of nitrogens with one attached hydrogen (secondary N) is 1. The molecule has 0 saturated heterocycles. The minimum atomic E-state index is -0.0960. The molecule has 1 N–H and O–H groups in total. The van der Waals surface area contributed by atoms with Crippen molar-refractivity contribution in [3.8, 4) is 11.1 Å². The summed E-state index contributed by atoms with van der Waals surface area (Å²) in [6.45, 7) is 5.58. The molecule has 1 amide bonds. The first kappa shape index (κ1) is 23.9. The van der Waals surface area contributed by atoms with Crippen LogP contribution in [0.5, 0.6) is 0 Å². The highest BCUT2D eigenvalue weighted by Crippen LogP contribution is 2.26. The molecular weight excluding hydrogens is 444 g/mol. The van der Waals surface area contributed by atoms with Crippen LogP contribution >= 0.6 is 11.3 Å². The highest BCUT2D eigenvalue weighted by Gasteiger charge is 2.13. The van der Waals surface area contributed by atoms with E-state index in [1.165, 1.54) is 21.5 Å². The van der Waals surface area contributed by atoms with Crippen molar-refractivity contribution in [3.05, 3.63) is 86.8 Å². The molecule has 4 rings (SSSR count). The molecule has 0 aliphatic carbocycles. The SMILES string of the molecule is Cc1sc2ncn(CCC(=O)NCc3ccccc3-c3ccc(CN(C)C)cc3)c(=O)c2c1C. The molecule has 0 radical (unpaired) electrons. The molecule has 0 aliphatic heterocycles. The standard InChI is InChI=1S/C27H30N4O2S/c1-18-19(2)34-26-25(18)27(33)31(17-29-26)14-13-24(32)28-15-22-7-5-6-8-23(22)21-11-9-20(10-12-21)16-30(3)4/h5-12,17H,13-16H2,1-4H3,(H,28,32). The third-order valence-electron chi connectivity index (χ3n) is 5.99. The van der Waals surface area contributed by atoms with Gasteiger partial charge in [-0.05, 0) is 55.8 Å². The van der Waals surface area contributed by atoms with Crippen molar-refractivity contribution in [1.82, 2.24) is 19.8 Å². The molecule has 0 fully saturated rings. The van der Waals surface area contributed by atoms with Crippen LogP contribution in [0.15, 0.2) is 59.7 Å². The number of aryl methyl sites for hydroxylation is 3. The summed E-state index contributed by atoms with van der Waals surface area (Å²) in [5.41, 5.74) is 5.44.